The number of nitrogens with one attached hydrogen (secondary N) is 1. The number of fused-ring (bicyclic) bond motifs is 1. The summed E-state index contributed by atoms with van der Waals surface area (Å²) in [5, 5.41) is 3.31. The van der Waals surface area contributed by atoms with Gasteiger partial charge in [0.1, 0.15) is 12.2 Å². The SMILES string of the molecule is CCOCCCN(CC(=O)Nc1nc(C)c(C)s1)C(=O)c1cnc2ccccc2n1. The topological polar surface area (TPSA) is 97.3 Å². The van der Waals surface area contributed by atoms with Gasteiger partial charge < -0.3 is 15.0 Å². The first-order valence-corrected chi connectivity index (χ1v) is 10.6. The number of rotatable bonds is 9. The van der Waals surface area contributed by atoms with E-state index in [1.165, 1.54) is 22.4 Å². The Morgan fingerprint density at radius 3 is 2.63 bits per heavy atom. The molecule has 0 saturated carbocycles. The van der Waals surface area contributed by atoms with E-state index in [0.29, 0.717) is 42.3 Å². The summed E-state index contributed by atoms with van der Waals surface area (Å²) in [5.74, 6) is -0.645. The van der Waals surface area contributed by atoms with Crippen molar-refractivity contribution in [2.24, 2.45) is 0 Å². The number of carbonyl (C=O) groups is 2. The van der Waals surface area contributed by atoms with Crippen molar-refractivity contribution in [1.82, 2.24) is 19.9 Å². The molecule has 158 valence electrons. The number of anilines is 1. The van der Waals surface area contributed by atoms with Crippen LogP contribution in [-0.4, -0.2) is 58.0 Å². The molecular weight excluding hydrogens is 402 g/mol. The van der Waals surface area contributed by atoms with Gasteiger partial charge in [-0.3, -0.25) is 14.6 Å². The van der Waals surface area contributed by atoms with Gasteiger partial charge in [0, 0.05) is 24.6 Å². The normalized spacial score (nSPS) is 10.9. The van der Waals surface area contributed by atoms with E-state index in [1.807, 2.05) is 39.0 Å². The van der Waals surface area contributed by atoms with E-state index < -0.39 is 0 Å². The molecule has 9 heteroatoms. The zero-order valence-corrected chi connectivity index (χ0v) is 18.2. The van der Waals surface area contributed by atoms with Crippen LogP contribution in [0.15, 0.2) is 30.5 Å². The number of carbonyl (C=O) groups excluding carboxylic acids is 2. The van der Waals surface area contributed by atoms with Gasteiger partial charge in [0.25, 0.3) is 5.91 Å². The molecule has 0 spiro atoms. The van der Waals surface area contributed by atoms with Crippen molar-refractivity contribution in [2.75, 3.05) is 31.6 Å². The molecule has 0 atom stereocenters. The average Bonchev–Trinajstić information content (AvgIpc) is 3.05. The number of amides is 2. The molecule has 0 aliphatic rings. The molecule has 3 aromatic rings. The summed E-state index contributed by atoms with van der Waals surface area (Å²) in [4.78, 5) is 41.2. The molecule has 2 heterocycles. The first-order chi connectivity index (χ1) is 14.5. The lowest BCUT2D eigenvalue weighted by Gasteiger charge is -2.21. The van der Waals surface area contributed by atoms with Gasteiger partial charge in [0.15, 0.2) is 5.13 Å². The standard InChI is InChI=1S/C21H25N5O3S/c1-4-29-11-7-10-26(13-19(27)25-21-23-14(2)15(3)30-21)20(28)18-12-22-16-8-5-6-9-17(16)24-18/h5-6,8-9,12H,4,7,10-11,13H2,1-3H3,(H,23,25,27). The van der Waals surface area contributed by atoms with Gasteiger partial charge in [-0.15, -0.1) is 11.3 Å². The van der Waals surface area contributed by atoms with Crippen LogP contribution in [0.1, 0.15) is 34.4 Å². The maximum absolute atomic E-state index is 13.1. The first kappa shape index (κ1) is 21.8. The Kier molecular flexibility index (Phi) is 7.42. The number of hydrogen-bond acceptors (Lipinski definition) is 7. The molecule has 1 aromatic carbocycles. The second kappa shape index (κ2) is 10.2. The number of aromatic nitrogens is 3. The van der Waals surface area contributed by atoms with Crippen LogP contribution in [-0.2, 0) is 9.53 Å². The molecule has 0 fully saturated rings. The number of benzene rings is 1. The molecular formula is C21H25N5O3S. The monoisotopic (exact) mass is 427 g/mol. The van der Waals surface area contributed by atoms with Crippen molar-refractivity contribution in [3.63, 3.8) is 0 Å². The Balaban J connectivity index is 1.74. The fourth-order valence-electron chi connectivity index (χ4n) is 2.83. The molecule has 0 bridgehead atoms. The zero-order valence-electron chi connectivity index (χ0n) is 17.3. The maximum atomic E-state index is 13.1. The van der Waals surface area contributed by atoms with Gasteiger partial charge in [-0.05, 0) is 39.3 Å². The van der Waals surface area contributed by atoms with E-state index in [2.05, 4.69) is 20.3 Å². The molecule has 30 heavy (non-hydrogen) atoms. The number of aryl methyl sites for hydroxylation is 2. The summed E-state index contributed by atoms with van der Waals surface area (Å²) < 4.78 is 5.37. The highest BCUT2D eigenvalue weighted by atomic mass is 32.1. The van der Waals surface area contributed by atoms with Crippen molar-refractivity contribution < 1.29 is 14.3 Å². The molecule has 3 rings (SSSR count). The molecule has 0 aliphatic heterocycles. The summed E-state index contributed by atoms with van der Waals surface area (Å²) in [6.07, 6.45) is 2.06. The van der Waals surface area contributed by atoms with Crippen molar-refractivity contribution in [3.8, 4) is 0 Å². The molecule has 0 saturated heterocycles. The fraction of sp³-hybridized carbons (Fsp3) is 0.381. The van der Waals surface area contributed by atoms with Crippen LogP contribution < -0.4 is 5.32 Å². The van der Waals surface area contributed by atoms with Crippen LogP contribution in [0.5, 0.6) is 0 Å². The summed E-state index contributed by atoms with van der Waals surface area (Å²) >= 11 is 1.41. The number of nitrogens with zero attached hydrogens (tertiary/aromatic N) is 4. The number of para-hydroxylation sites is 2. The number of hydrogen-bond donors (Lipinski definition) is 1. The minimum atomic E-state index is -0.341. The van der Waals surface area contributed by atoms with Crippen LogP contribution >= 0.6 is 11.3 Å². The van der Waals surface area contributed by atoms with Crippen LogP contribution in [0.3, 0.4) is 0 Å². The summed E-state index contributed by atoms with van der Waals surface area (Å²) in [7, 11) is 0. The van der Waals surface area contributed by atoms with Gasteiger partial charge in [0.2, 0.25) is 5.91 Å². The first-order valence-electron chi connectivity index (χ1n) is 9.80. The average molecular weight is 428 g/mol. The smallest absolute Gasteiger partial charge is 0.274 e. The van der Waals surface area contributed by atoms with Gasteiger partial charge >= 0.3 is 0 Å². The van der Waals surface area contributed by atoms with E-state index in [9.17, 15) is 9.59 Å². The molecule has 2 aromatic heterocycles. The molecule has 0 radical (unpaired) electrons. The minimum absolute atomic E-state index is 0.100. The quantitative estimate of drug-likeness (QED) is 0.527. The number of thiazole rings is 1. The van der Waals surface area contributed by atoms with E-state index in [1.54, 1.807) is 6.07 Å². The maximum Gasteiger partial charge on any atom is 0.274 e. The highest BCUT2D eigenvalue weighted by Crippen LogP contribution is 2.21. The lowest BCUT2D eigenvalue weighted by Crippen LogP contribution is -2.39. The Labute approximate surface area is 179 Å². The highest BCUT2D eigenvalue weighted by molar-refractivity contribution is 7.15. The lowest BCUT2D eigenvalue weighted by molar-refractivity contribution is -0.116. The summed E-state index contributed by atoms with van der Waals surface area (Å²) in [6.45, 7) is 7.14. The second-order valence-electron chi connectivity index (χ2n) is 6.73. The Morgan fingerprint density at radius 1 is 1.17 bits per heavy atom. The predicted molar refractivity (Wildman–Crippen MR) is 117 cm³/mol. The van der Waals surface area contributed by atoms with Crippen LogP contribution in [0, 0.1) is 13.8 Å². The van der Waals surface area contributed by atoms with Crippen molar-refractivity contribution >= 4 is 39.3 Å². The van der Waals surface area contributed by atoms with Crippen LogP contribution in [0.2, 0.25) is 0 Å². The van der Waals surface area contributed by atoms with E-state index in [-0.39, 0.29) is 24.1 Å². The minimum Gasteiger partial charge on any atom is -0.382 e. The summed E-state index contributed by atoms with van der Waals surface area (Å²) in [5.41, 5.74) is 2.44. The largest absolute Gasteiger partial charge is 0.382 e. The summed E-state index contributed by atoms with van der Waals surface area (Å²) in [6, 6.07) is 7.35. The van der Waals surface area contributed by atoms with Gasteiger partial charge in [-0.25, -0.2) is 9.97 Å². The van der Waals surface area contributed by atoms with E-state index in [4.69, 9.17) is 4.74 Å². The van der Waals surface area contributed by atoms with Gasteiger partial charge in [0.05, 0.1) is 22.9 Å². The molecule has 0 unspecified atom stereocenters. The van der Waals surface area contributed by atoms with Gasteiger partial charge in [-0.2, -0.15) is 0 Å². The highest BCUT2D eigenvalue weighted by Gasteiger charge is 2.21. The second-order valence-corrected chi connectivity index (χ2v) is 7.93. The van der Waals surface area contributed by atoms with Crippen molar-refractivity contribution in [2.45, 2.75) is 27.2 Å². The lowest BCUT2D eigenvalue weighted by atomic mass is 10.2. The molecule has 8 nitrogen and oxygen atoms in total. The third kappa shape index (κ3) is 5.58. The predicted octanol–water partition coefficient (Wildman–Crippen LogP) is 3.21. The Morgan fingerprint density at radius 2 is 1.93 bits per heavy atom. The van der Waals surface area contributed by atoms with E-state index in [0.717, 1.165) is 10.6 Å². The van der Waals surface area contributed by atoms with E-state index >= 15 is 0 Å². The van der Waals surface area contributed by atoms with Crippen LogP contribution in [0.4, 0.5) is 5.13 Å². The van der Waals surface area contributed by atoms with Gasteiger partial charge in [-0.1, -0.05) is 12.1 Å². The fourth-order valence-corrected chi connectivity index (χ4v) is 3.67. The zero-order chi connectivity index (χ0) is 21.5. The number of ether oxygens (including phenoxy) is 1. The molecule has 0 aliphatic carbocycles. The Hall–Kier alpha value is -2.91. The molecule has 2 amide bonds. The van der Waals surface area contributed by atoms with Crippen molar-refractivity contribution in [3.05, 3.63) is 46.7 Å². The Bertz CT molecular complexity index is 1020. The van der Waals surface area contributed by atoms with Crippen molar-refractivity contribution in [1.29, 1.82) is 0 Å². The third-order valence-corrected chi connectivity index (χ3v) is 5.47. The molecule has 1 N–H and O–H groups in total. The third-order valence-electron chi connectivity index (χ3n) is 4.49. The van der Waals surface area contributed by atoms with Crippen LogP contribution in [0.25, 0.3) is 11.0 Å².